The van der Waals surface area contributed by atoms with Gasteiger partial charge in [0.1, 0.15) is 0 Å². The van der Waals surface area contributed by atoms with Gasteiger partial charge >= 0.3 is 0 Å². The fourth-order valence-electron chi connectivity index (χ4n) is 1.68. The summed E-state index contributed by atoms with van der Waals surface area (Å²) in [5.41, 5.74) is -0.105. The van der Waals surface area contributed by atoms with Gasteiger partial charge in [0.15, 0.2) is 0 Å². The Morgan fingerprint density at radius 3 is 2.69 bits per heavy atom. The number of hydrogen-bond donors (Lipinski definition) is 1. The van der Waals surface area contributed by atoms with Crippen LogP contribution in [0.1, 0.15) is 33.1 Å². The summed E-state index contributed by atoms with van der Waals surface area (Å²) >= 11 is 0. The normalized spacial score (nSPS) is 23.9. The highest BCUT2D eigenvalue weighted by molar-refractivity contribution is 5.00. The maximum atomic E-state index is 9.23. The third-order valence-electron chi connectivity index (χ3n) is 3.07. The summed E-state index contributed by atoms with van der Waals surface area (Å²) in [6.07, 6.45) is 8.21. The highest BCUT2D eigenvalue weighted by Crippen LogP contribution is 2.22. The second kappa shape index (κ2) is 4.25. The molecular weight excluding hydrogens is 162 g/mol. The molecular formula is C11H21NO. The summed E-state index contributed by atoms with van der Waals surface area (Å²) < 4.78 is 0. The Labute approximate surface area is 81.2 Å². The van der Waals surface area contributed by atoms with Crippen molar-refractivity contribution in [2.45, 2.75) is 44.7 Å². The van der Waals surface area contributed by atoms with Gasteiger partial charge in [0.2, 0.25) is 0 Å². The minimum atomic E-state index is -0.105. The SMILES string of the molecule is CN(C1C=CCCC1)C(C)(C)CO. The van der Waals surface area contributed by atoms with Crippen molar-refractivity contribution in [1.29, 1.82) is 0 Å². The van der Waals surface area contributed by atoms with Crippen LogP contribution in [0.4, 0.5) is 0 Å². The van der Waals surface area contributed by atoms with Crippen molar-refractivity contribution < 1.29 is 5.11 Å². The molecule has 0 bridgehead atoms. The Morgan fingerprint density at radius 1 is 1.54 bits per heavy atom. The Kier molecular flexibility index (Phi) is 3.51. The molecule has 0 fully saturated rings. The lowest BCUT2D eigenvalue weighted by Gasteiger charge is -2.39. The smallest absolute Gasteiger partial charge is 0.0610 e. The fraction of sp³-hybridized carbons (Fsp3) is 0.818. The minimum Gasteiger partial charge on any atom is -0.394 e. The van der Waals surface area contributed by atoms with Crippen molar-refractivity contribution in [3.05, 3.63) is 12.2 Å². The molecule has 1 aliphatic rings. The van der Waals surface area contributed by atoms with E-state index in [2.05, 4.69) is 37.9 Å². The van der Waals surface area contributed by atoms with Crippen LogP contribution in [-0.4, -0.2) is 35.2 Å². The van der Waals surface area contributed by atoms with Gasteiger partial charge in [-0.1, -0.05) is 12.2 Å². The molecule has 0 amide bonds. The van der Waals surface area contributed by atoms with Gasteiger partial charge in [-0.3, -0.25) is 4.90 Å². The van der Waals surface area contributed by atoms with Gasteiger partial charge in [0.25, 0.3) is 0 Å². The number of aliphatic hydroxyl groups is 1. The molecule has 76 valence electrons. The van der Waals surface area contributed by atoms with Crippen LogP contribution in [0.15, 0.2) is 12.2 Å². The van der Waals surface area contributed by atoms with Crippen molar-refractivity contribution >= 4 is 0 Å². The Bertz CT molecular complexity index is 187. The molecule has 1 rings (SSSR count). The Balaban J connectivity index is 2.60. The molecule has 1 N–H and O–H groups in total. The molecule has 0 aromatic rings. The highest BCUT2D eigenvalue weighted by atomic mass is 16.3. The van der Waals surface area contributed by atoms with E-state index in [1.54, 1.807) is 0 Å². The van der Waals surface area contributed by atoms with Gasteiger partial charge in [-0.25, -0.2) is 0 Å². The first-order valence-corrected chi connectivity index (χ1v) is 5.08. The fourth-order valence-corrected chi connectivity index (χ4v) is 1.68. The summed E-state index contributed by atoms with van der Waals surface area (Å²) in [7, 11) is 2.09. The lowest BCUT2D eigenvalue weighted by molar-refractivity contribution is 0.0550. The first-order chi connectivity index (χ1) is 6.08. The number of rotatable bonds is 3. The summed E-state index contributed by atoms with van der Waals surface area (Å²) in [5, 5.41) is 9.23. The summed E-state index contributed by atoms with van der Waals surface area (Å²) in [5.74, 6) is 0. The van der Waals surface area contributed by atoms with E-state index in [1.165, 1.54) is 19.3 Å². The summed E-state index contributed by atoms with van der Waals surface area (Å²) in [6, 6.07) is 0.510. The van der Waals surface area contributed by atoms with Gasteiger partial charge in [-0.15, -0.1) is 0 Å². The van der Waals surface area contributed by atoms with Crippen LogP contribution in [0.5, 0.6) is 0 Å². The predicted octanol–water partition coefficient (Wildman–Crippen LogP) is 1.80. The van der Waals surface area contributed by atoms with Crippen LogP contribution in [-0.2, 0) is 0 Å². The van der Waals surface area contributed by atoms with Crippen LogP contribution in [0.3, 0.4) is 0 Å². The van der Waals surface area contributed by atoms with Crippen molar-refractivity contribution in [2.75, 3.05) is 13.7 Å². The van der Waals surface area contributed by atoms with Crippen molar-refractivity contribution in [3.8, 4) is 0 Å². The van der Waals surface area contributed by atoms with E-state index in [0.29, 0.717) is 6.04 Å². The molecule has 0 radical (unpaired) electrons. The summed E-state index contributed by atoms with van der Waals surface area (Å²) in [6.45, 7) is 4.37. The summed E-state index contributed by atoms with van der Waals surface area (Å²) in [4.78, 5) is 2.27. The monoisotopic (exact) mass is 183 g/mol. The lowest BCUT2D eigenvalue weighted by Crippen LogP contribution is -2.49. The predicted molar refractivity (Wildman–Crippen MR) is 55.7 cm³/mol. The molecule has 0 aromatic heterocycles. The van der Waals surface area contributed by atoms with Crippen molar-refractivity contribution in [2.24, 2.45) is 0 Å². The van der Waals surface area contributed by atoms with E-state index < -0.39 is 0 Å². The molecule has 0 saturated heterocycles. The standard InChI is InChI=1S/C11H21NO/c1-11(2,9-13)12(3)10-7-5-4-6-8-10/h5,7,10,13H,4,6,8-9H2,1-3H3. The van der Waals surface area contributed by atoms with Gasteiger partial charge in [0, 0.05) is 11.6 Å². The minimum absolute atomic E-state index is 0.105. The van der Waals surface area contributed by atoms with E-state index in [-0.39, 0.29) is 12.1 Å². The van der Waals surface area contributed by atoms with Gasteiger partial charge in [-0.2, -0.15) is 0 Å². The number of aliphatic hydroxyl groups excluding tert-OH is 1. The number of nitrogens with zero attached hydrogens (tertiary/aromatic N) is 1. The Hall–Kier alpha value is -0.340. The number of hydrogen-bond acceptors (Lipinski definition) is 2. The molecule has 1 aliphatic carbocycles. The quantitative estimate of drug-likeness (QED) is 0.674. The molecule has 0 aromatic carbocycles. The molecule has 0 saturated carbocycles. The van der Waals surface area contributed by atoms with E-state index in [4.69, 9.17) is 0 Å². The lowest BCUT2D eigenvalue weighted by atomic mass is 9.96. The van der Waals surface area contributed by atoms with Gasteiger partial charge in [-0.05, 0) is 40.2 Å². The molecule has 2 heteroatoms. The molecule has 13 heavy (non-hydrogen) atoms. The van der Waals surface area contributed by atoms with Crippen LogP contribution < -0.4 is 0 Å². The first-order valence-electron chi connectivity index (χ1n) is 5.08. The van der Waals surface area contributed by atoms with E-state index >= 15 is 0 Å². The number of allylic oxidation sites excluding steroid dienone is 1. The van der Waals surface area contributed by atoms with E-state index in [0.717, 1.165) is 0 Å². The van der Waals surface area contributed by atoms with Gasteiger partial charge in [0.05, 0.1) is 6.61 Å². The van der Waals surface area contributed by atoms with Crippen LogP contribution in [0.25, 0.3) is 0 Å². The van der Waals surface area contributed by atoms with Crippen molar-refractivity contribution in [1.82, 2.24) is 4.90 Å². The molecule has 0 aliphatic heterocycles. The zero-order valence-electron chi connectivity index (χ0n) is 8.95. The van der Waals surface area contributed by atoms with E-state index in [1.807, 2.05) is 0 Å². The highest BCUT2D eigenvalue weighted by Gasteiger charge is 2.27. The average Bonchev–Trinajstić information content (AvgIpc) is 2.18. The number of likely N-dealkylation sites (N-methyl/N-ethyl adjacent to an activating group) is 1. The third-order valence-corrected chi connectivity index (χ3v) is 3.07. The van der Waals surface area contributed by atoms with Crippen LogP contribution >= 0.6 is 0 Å². The van der Waals surface area contributed by atoms with Gasteiger partial charge < -0.3 is 5.11 Å². The zero-order valence-corrected chi connectivity index (χ0v) is 8.95. The molecule has 1 unspecified atom stereocenters. The molecule has 0 heterocycles. The maximum absolute atomic E-state index is 9.23. The van der Waals surface area contributed by atoms with Crippen molar-refractivity contribution in [3.63, 3.8) is 0 Å². The molecule has 1 atom stereocenters. The Morgan fingerprint density at radius 2 is 2.23 bits per heavy atom. The molecule has 2 nitrogen and oxygen atoms in total. The first kappa shape index (κ1) is 10.7. The van der Waals surface area contributed by atoms with E-state index in [9.17, 15) is 5.11 Å². The van der Waals surface area contributed by atoms with Crippen LogP contribution in [0.2, 0.25) is 0 Å². The second-order valence-electron chi connectivity index (χ2n) is 4.51. The van der Waals surface area contributed by atoms with Crippen LogP contribution in [0, 0.1) is 0 Å². The molecule has 0 spiro atoms. The maximum Gasteiger partial charge on any atom is 0.0610 e. The topological polar surface area (TPSA) is 23.5 Å². The average molecular weight is 183 g/mol. The third kappa shape index (κ3) is 2.55. The zero-order chi connectivity index (χ0) is 9.90. The largest absolute Gasteiger partial charge is 0.394 e. The second-order valence-corrected chi connectivity index (χ2v) is 4.51.